The summed E-state index contributed by atoms with van der Waals surface area (Å²) in [7, 11) is 0. The maximum absolute atomic E-state index is 12.2. The highest BCUT2D eigenvalue weighted by Crippen LogP contribution is 2.28. The number of hydrogen-bond donors (Lipinski definition) is 1. The van der Waals surface area contributed by atoms with Gasteiger partial charge in [0.25, 0.3) is 5.91 Å². The van der Waals surface area contributed by atoms with Crippen LogP contribution in [0.15, 0.2) is 12.1 Å². The van der Waals surface area contributed by atoms with Gasteiger partial charge in [-0.15, -0.1) is 0 Å². The Morgan fingerprint density at radius 1 is 1.28 bits per heavy atom. The molecule has 1 N–H and O–H groups in total. The Morgan fingerprint density at radius 3 is 2.61 bits per heavy atom. The number of rotatable bonds is 2. The molecule has 1 heterocycles. The van der Waals surface area contributed by atoms with Crippen LogP contribution >= 0.6 is 23.2 Å². The number of aromatic nitrogens is 1. The van der Waals surface area contributed by atoms with Gasteiger partial charge in [-0.05, 0) is 31.9 Å². The van der Waals surface area contributed by atoms with Crippen molar-refractivity contribution in [2.24, 2.45) is 0 Å². The number of hydrogen-bond acceptors (Lipinski definition) is 2. The molecule has 1 aromatic rings. The quantitative estimate of drug-likeness (QED) is 0.840. The summed E-state index contributed by atoms with van der Waals surface area (Å²) >= 11 is 11.8. The average Bonchev–Trinajstić information content (AvgIpc) is 2.32. The zero-order valence-electron chi connectivity index (χ0n) is 10.3. The van der Waals surface area contributed by atoms with Gasteiger partial charge in [0.2, 0.25) is 0 Å². The van der Waals surface area contributed by atoms with Crippen LogP contribution in [0.5, 0.6) is 0 Å². The predicted octanol–water partition coefficient (Wildman–Crippen LogP) is 3.84. The fraction of sp³-hybridized carbons (Fsp3) is 0.538. The van der Waals surface area contributed by atoms with Crippen molar-refractivity contribution in [1.82, 2.24) is 10.3 Å². The Morgan fingerprint density at radius 2 is 1.94 bits per heavy atom. The number of carbonyl (C=O) groups excluding carboxylic acids is 1. The second-order valence-electron chi connectivity index (χ2n) is 5.04. The maximum Gasteiger partial charge on any atom is 0.271 e. The van der Waals surface area contributed by atoms with Crippen molar-refractivity contribution >= 4 is 29.1 Å². The Kier molecular flexibility index (Phi) is 4.13. The molecule has 98 valence electrons. The second-order valence-corrected chi connectivity index (χ2v) is 5.83. The van der Waals surface area contributed by atoms with Crippen LogP contribution in [-0.2, 0) is 0 Å². The first-order valence-electron chi connectivity index (χ1n) is 6.15. The van der Waals surface area contributed by atoms with E-state index in [0.29, 0.717) is 5.02 Å². The molecule has 1 aromatic heterocycles. The van der Waals surface area contributed by atoms with Crippen LogP contribution in [0.3, 0.4) is 0 Å². The molecule has 1 aliphatic carbocycles. The minimum absolute atomic E-state index is 0.150. The van der Waals surface area contributed by atoms with Crippen molar-refractivity contribution in [3.63, 3.8) is 0 Å². The lowest BCUT2D eigenvalue weighted by Gasteiger charge is -2.34. The summed E-state index contributed by atoms with van der Waals surface area (Å²) in [5, 5.41) is 3.64. The van der Waals surface area contributed by atoms with Crippen molar-refractivity contribution in [3.05, 3.63) is 28.0 Å². The van der Waals surface area contributed by atoms with E-state index in [9.17, 15) is 4.79 Å². The minimum atomic E-state index is -0.244. The highest BCUT2D eigenvalue weighted by atomic mass is 35.5. The van der Waals surface area contributed by atoms with Gasteiger partial charge >= 0.3 is 0 Å². The molecule has 0 aromatic carbocycles. The molecule has 1 aliphatic rings. The summed E-state index contributed by atoms with van der Waals surface area (Å²) in [5.74, 6) is -0.244. The van der Waals surface area contributed by atoms with Crippen LogP contribution in [0.25, 0.3) is 0 Å². The topological polar surface area (TPSA) is 42.0 Å². The van der Waals surface area contributed by atoms with Crippen molar-refractivity contribution in [3.8, 4) is 0 Å². The van der Waals surface area contributed by atoms with Gasteiger partial charge in [-0.25, -0.2) is 4.98 Å². The van der Waals surface area contributed by atoms with E-state index >= 15 is 0 Å². The summed E-state index contributed by atoms with van der Waals surface area (Å²) < 4.78 is 0. The fourth-order valence-corrected chi connectivity index (χ4v) is 2.71. The molecule has 0 bridgehead atoms. The van der Waals surface area contributed by atoms with Gasteiger partial charge in [0.05, 0.1) is 5.02 Å². The van der Waals surface area contributed by atoms with E-state index in [2.05, 4.69) is 17.2 Å². The van der Waals surface area contributed by atoms with Crippen LogP contribution in [-0.4, -0.2) is 16.4 Å². The van der Waals surface area contributed by atoms with Crippen LogP contribution < -0.4 is 5.32 Å². The Hall–Kier alpha value is -0.800. The lowest BCUT2D eigenvalue weighted by Crippen LogP contribution is -2.47. The van der Waals surface area contributed by atoms with Crippen molar-refractivity contribution < 1.29 is 4.79 Å². The Labute approximate surface area is 117 Å². The summed E-state index contributed by atoms with van der Waals surface area (Å²) in [6.07, 6.45) is 5.52. The predicted molar refractivity (Wildman–Crippen MR) is 73.2 cm³/mol. The monoisotopic (exact) mass is 286 g/mol. The maximum atomic E-state index is 12.2. The van der Waals surface area contributed by atoms with Gasteiger partial charge in [-0.2, -0.15) is 0 Å². The Balaban J connectivity index is 2.14. The molecule has 0 atom stereocenters. The van der Waals surface area contributed by atoms with E-state index < -0.39 is 0 Å². The third-order valence-corrected chi connectivity index (χ3v) is 3.92. The van der Waals surface area contributed by atoms with Gasteiger partial charge < -0.3 is 5.32 Å². The van der Waals surface area contributed by atoms with Gasteiger partial charge in [0.15, 0.2) is 0 Å². The van der Waals surface area contributed by atoms with E-state index in [4.69, 9.17) is 23.2 Å². The minimum Gasteiger partial charge on any atom is -0.345 e. The summed E-state index contributed by atoms with van der Waals surface area (Å²) in [4.78, 5) is 16.2. The molecule has 3 nitrogen and oxygen atoms in total. The molecule has 0 unspecified atom stereocenters. The van der Waals surface area contributed by atoms with E-state index in [1.165, 1.54) is 6.42 Å². The lowest BCUT2D eigenvalue weighted by molar-refractivity contribution is 0.0877. The Bertz CT molecular complexity index is 456. The first kappa shape index (κ1) is 13.6. The zero-order chi connectivity index (χ0) is 13.2. The fourth-order valence-electron chi connectivity index (χ4n) is 2.37. The van der Waals surface area contributed by atoms with Gasteiger partial charge in [-0.3, -0.25) is 4.79 Å². The van der Waals surface area contributed by atoms with E-state index in [-0.39, 0.29) is 22.3 Å². The van der Waals surface area contributed by atoms with Gasteiger partial charge in [0, 0.05) is 5.54 Å². The summed E-state index contributed by atoms with van der Waals surface area (Å²) in [6.45, 7) is 2.07. The van der Waals surface area contributed by atoms with Gasteiger partial charge in [0.1, 0.15) is 10.8 Å². The molecule has 2 rings (SSSR count). The molecule has 1 fully saturated rings. The van der Waals surface area contributed by atoms with Gasteiger partial charge in [-0.1, -0.05) is 42.5 Å². The van der Waals surface area contributed by atoms with Crippen LogP contribution in [0.2, 0.25) is 10.2 Å². The second kappa shape index (κ2) is 5.45. The lowest BCUT2D eigenvalue weighted by atomic mass is 9.83. The van der Waals surface area contributed by atoms with E-state index in [1.807, 2.05) is 0 Å². The smallest absolute Gasteiger partial charge is 0.271 e. The molecular formula is C13H16Cl2N2O. The molecule has 1 amide bonds. The van der Waals surface area contributed by atoms with Crippen molar-refractivity contribution in [1.29, 1.82) is 0 Å². The highest BCUT2D eigenvalue weighted by molar-refractivity contribution is 6.34. The van der Waals surface area contributed by atoms with E-state index in [1.54, 1.807) is 12.1 Å². The molecule has 0 saturated heterocycles. The molecule has 5 heteroatoms. The largest absolute Gasteiger partial charge is 0.345 e. The average molecular weight is 287 g/mol. The summed E-state index contributed by atoms with van der Waals surface area (Å²) in [6, 6.07) is 3.16. The molecular weight excluding hydrogens is 271 g/mol. The van der Waals surface area contributed by atoms with Crippen LogP contribution in [0.4, 0.5) is 0 Å². The molecule has 1 saturated carbocycles. The third kappa shape index (κ3) is 3.15. The van der Waals surface area contributed by atoms with Crippen LogP contribution in [0.1, 0.15) is 49.5 Å². The number of amides is 1. The zero-order valence-corrected chi connectivity index (χ0v) is 11.8. The molecule has 18 heavy (non-hydrogen) atoms. The number of halogens is 2. The standard InChI is InChI=1S/C13H16Cl2N2O/c1-13(7-3-2-4-8-13)17-12(18)11-9(14)5-6-10(15)16-11/h5-6H,2-4,7-8H2,1H3,(H,17,18). The summed E-state index contributed by atoms with van der Waals surface area (Å²) in [5.41, 5.74) is 0.0545. The number of nitrogens with one attached hydrogen (secondary N) is 1. The molecule has 0 aliphatic heterocycles. The first-order valence-corrected chi connectivity index (χ1v) is 6.90. The highest BCUT2D eigenvalue weighted by Gasteiger charge is 2.29. The van der Waals surface area contributed by atoms with Crippen molar-refractivity contribution in [2.75, 3.05) is 0 Å². The number of nitrogens with zero attached hydrogens (tertiary/aromatic N) is 1. The number of pyridine rings is 1. The first-order chi connectivity index (χ1) is 8.50. The number of carbonyl (C=O) groups is 1. The molecule has 0 spiro atoms. The third-order valence-electron chi connectivity index (χ3n) is 3.40. The van der Waals surface area contributed by atoms with Crippen LogP contribution in [0, 0.1) is 0 Å². The van der Waals surface area contributed by atoms with E-state index in [0.717, 1.165) is 25.7 Å². The van der Waals surface area contributed by atoms with Crippen molar-refractivity contribution in [2.45, 2.75) is 44.6 Å². The normalized spacial score (nSPS) is 18.4. The SMILES string of the molecule is CC1(NC(=O)c2nc(Cl)ccc2Cl)CCCCC1. The molecule has 0 radical (unpaired) electrons.